The summed E-state index contributed by atoms with van der Waals surface area (Å²) in [5.41, 5.74) is 6.62. The van der Waals surface area contributed by atoms with E-state index in [1.165, 1.54) is 6.42 Å². The molecule has 104 valence electrons. The second-order valence-corrected chi connectivity index (χ2v) is 5.42. The number of rotatable bonds is 4. The lowest BCUT2D eigenvalue weighted by Crippen LogP contribution is -2.28. The fraction of sp³-hybridized carbons (Fsp3) is 0.500. The van der Waals surface area contributed by atoms with Gasteiger partial charge in [-0.2, -0.15) is 0 Å². The van der Waals surface area contributed by atoms with Gasteiger partial charge in [0.05, 0.1) is 11.7 Å². The molecule has 0 amide bonds. The summed E-state index contributed by atoms with van der Waals surface area (Å²) in [6, 6.07) is 7.65. The van der Waals surface area contributed by atoms with Crippen LogP contribution in [0.3, 0.4) is 0 Å². The van der Waals surface area contributed by atoms with Crippen LogP contribution < -0.4 is 5.73 Å². The van der Waals surface area contributed by atoms with Crippen LogP contribution in [0.2, 0.25) is 0 Å². The quantitative estimate of drug-likeness (QED) is 0.779. The zero-order chi connectivity index (χ0) is 13.7. The molecule has 0 saturated heterocycles. The van der Waals surface area contributed by atoms with Crippen molar-refractivity contribution in [3.63, 3.8) is 0 Å². The first kappa shape index (κ1) is 14.3. The molecule has 0 heterocycles. The molecule has 3 heteroatoms. The summed E-state index contributed by atoms with van der Waals surface area (Å²) in [6.45, 7) is 0.219. The highest BCUT2D eigenvalue weighted by molar-refractivity contribution is 5.52. The Balaban J connectivity index is 2.09. The molecule has 0 aromatic heterocycles. The molecule has 4 N–H and O–H groups in total. The zero-order valence-electron chi connectivity index (χ0n) is 11.3. The summed E-state index contributed by atoms with van der Waals surface area (Å²) < 4.78 is 0. The summed E-state index contributed by atoms with van der Waals surface area (Å²) in [6.07, 6.45) is 8.31. The summed E-state index contributed by atoms with van der Waals surface area (Å²) in [5, 5.41) is 20.1. The van der Waals surface area contributed by atoms with Crippen molar-refractivity contribution in [1.29, 1.82) is 0 Å². The Morgan fingerprint density at radius 3 is 2.68 bits per heavy atom. The summed E-state index contributed by atoms with van der Waals surface area (Å²) in [5.74, 6) is 0. The van der Waals surface area contributed by atoms with Crippen LogP contribution in [-0.4, -0.2) is 22.4 Å². The summed E-state index contributed by atoms with van der Waals surface area (Å²) in [7, 11) is 0. The van der Waals surface area contributed by atoms with E-state index in [4.69, 9.17) is 5.73 Å². The SMILES string of the molecule is NCC(O)c1cccc(C=CC2(O)CCCCC2)c1. The zero-order valence-corrected chi connectivity index (χ0v) is 11.3. The van der Waals surface area contributed by atoms with Gasteiger partial charge in [-0.3, -0.25) is 0 Å². The predicted molar refractivity (Wildman–Crippen MR) is 77.5 cm³/mol. The lowest BCUT2D eigenvalue weighted by atomic mass is 9.84. The smallest absolute Gasteiger partial charge is 0.0912 e. The second-order valence-electron chi connectivity index (χ2n) is 5.42. The van der Waals surface area contributed by atoms with E-state index >= 15 is 0 Å². The van der Waals surface area contributed by atoms with Gasteiger partial charge in [-0.15, -0.1) is 0 Å². The van der Waals surface area contributed by atoms with Crippen molar-refractivity contribution >= 4 is 6.08 Å². The van der Waals surface area contributed by atoms with E-state index in [0.717, 1.165) is 36.8 Å². The highest BCUT2D eigenvalue weighted by Gasteiger charge is 2.25. The maximum atomic E-state index is 10.4. The van der Waals surface area contributed by atoms with Gasteiger partial charge >= 0.3 is 0 Å². The Morgan fingerprint density at radius 1 is 1.26 bits per heavy atom. The van der Waals surface area contributed by atoms with Gasteiger partial charge in [-0.25, -0.2) is 0 Å². The van der Waals surface area contributed by atoms with Crippen molar-refractivity contribution in [2.45, 2.75) is 43.8 Å². The van der Waals surface area contributed by atoms with Crippen molar-refractivity contribution in [3.05, 3.63) is 41.5 Å². The molecule has 1 fully saturated rings. The third-order valence-electron chi connectivity index (χ3n) is 3.82. The van der Waals surface area contributed by atoms with E-state index in [-0.39, 0.29) is 6.54 Å². The number of aliphatic hydroxyl groups excluding tert-OH is 1. The fourth-order valence-corrected chi connectivity index (χ4v) is 2.59. The molecular weight excluding hydrogens is 238 g/mol. The number of hydrogen-bond donors (Lipinski definition) is 3. The molecule has 1 unspecified atom stereocenters. The molecule has 19 heavy (non-hydrogen) atoms. The molecule has 1 aliphatic carbocycles. The molecule has 0 spiro atoms. The van der Waals surface area contributed by atoms with Crippen LogP contribution in [-0.2, 0) is 0 Å². The topological polar surface area (TPSA) is 66.5 Å². The first-order valence-corrected chi connectivity index (χ1v) is 7.03. The second kappa shape index (κ2) is 6.33. The van der Waals surface area contributed by atoms with Crippen LogP contribution in [0.5, 0.6) is 0 Å². The monoisotopic (exact) mass is 261 g/mol. The average molecular weight is 261 g/mol. The fourth-order valence-electron chi connectivity index (χ4n) is 2.59. The predicted octanol–water partition coefficient (Wildman–Crippen LogP) is 2.39. The first-order valence-electron chi connectivity index (χ1n) is 7.03. The van der Waals surface area contributed by atoms with Crippen molar-refractivity contribution in [1.82, 2.24) is 0 Å². The lowest BCUT2D eigenvalue weighted by molar-refractivity contribution is 0.0521. The summed E-state index contributed by atoms with van der Waals surface area (Å²) >= 11 is 0. The molecule has 0 radical (unpaired) electrons. The van der Waals surface area contributed by atoms with Gasteiger partial charge in [0.2, 0.25) is 0 Å². The van der Waals surface area contributed by atoms with E-state index in [1.54, 1.807) is 0 Å². The summed E-state index contributed by atoms with van der Waals surface area (Å²) in [4.78, 5) is 0. The van der Waals surface area contributed by atoms with E-state index in [9.17, 15) is 10.2 Å². The van der Waals surface area contributed by atoms with Gasteiger partial charge in [-0.1, -0.05) is 49.6 Å². The molecule has 1 saturated carbocycles. The van der Waals surface area contributed by atoms with E-state index in [2.05, 4.69) is 0 Å². The van der Waals surface area contributed by atoms with Crippen LogP contribution in [0.4, 0.5) is 0 Å². The maximum absolute atomic E-state index is 10.4. The number of benzene rings is 1. The highest BCUT2D eigenvalue weighted by atomic mass is 16.3. The Hall–Kier alpha value is -1.16. The molecule has 3 nitrogen and oxygen atoms in total. The van der Waals surface area contributed by atoms with Crippen molar-refractivity contribution < 1.29 is 10.2 Å². The minimum atomic E-state index is -0.652. The Morgan fingerprint density at radius 2 is 2.00 bits per heavy atom. The van der Waals surface area contributed by atoms with Crippen LogP contribution in [0, 0.1) is 0 Å². The van der Waals surface area contributed by atoms with Gasteiger partial charge in [0.15, 0.2) is 0 Å². The van der Waals surface area contributed by atoms with Gasteiger partial charge in [0, 0.05) is 6.54 Å². The molecule has 1 aliphatic rings. The van der Waals surface area contributed by atoms with Crippen LogP contribution >= 0.6 is 0 Å². The van der Waals surface area contributed by atoms with E-state index in [0.29, 0.717) is 0 Å². The molecule has 1 aromatic rings. The molecule has 1 aromatic carbocycles. The Kier molecular flexibility index (Phi) is 4.75. The third kappa shape index (κ3) is 3.90. The minimum Gasteiger partial charge on any atom is -0.387 e. The Labute approximate surface area is 114 Å². The van der Waals surface area contributed by atoms with Crippen molar-refractivity contribution in [3.8, 4) is 0 Å². The maximum Gasteiger partial charge on any atom is 0.0912 e. The largest absolute Gasteiger partial charge is 0.387 e. The molecule has 2 rings (SSSR count). The highest BCUT2D eigenvalue weighted by Crippen LogP contribution is 2.29. The van der Waals surface area contributed by atoms with Crippen LogP contribution in [0.15, 0.2) is 30.3 Å². The van der Waals surface area contributed by atoms with Gasteiger partial charge in [0.1, 0.15) is 0 Å². The lowest BCUT2D eigenvalue weighted by Gasteiger charge is -2.28. The number of nitrogens with two attached hydrogens (primary N) is 1. The minimum absolute atomic E-state index is 0.219. The van der Waals surface area contributed by atoms with E-state index < -0.39 is 11.7 Å². The number of aliphatic hydroxyl groups is 2. The van der Waals surface area contributed by atoms with E-state index in [1.807, 2.05) is 36.4 Å². The molecular formula is C16H23NO2. The first-order chi connectivity index (χ1) is 9.13. The third-order valence-corrected chi connectivity index (χ3v) is 3.82. The van der Waals surface area contributed by atoms with Gasteiger partial charge < -0.3 is 15.9 Å². The molecule has 0 aliphatic heterocycles. The van der Waals surface area contributed by atoms with Crippen LogP contribution in [0.1, 0.15) is 49.3 Å². The standard InChI is InChI=1S/C16H23NO2/c17-12-15(18)14-6-4-5-13(11-14)7-10-16(19)8-2-1-3-9-16/h4-7,10-11,15,18-19H,1-3,8-9,12,17H2. The molecule has 1 atom stereocenters. The normalized spacial score (nSPS) is 20.6. The number of hydrogen-bond acceptors (Lipinski definition) is 3. The average Bonchev–Trinajstić information content (AvgIpc) is 2.45. The van der Waals surface area contributed by atoms with Crippen molar-refractivity contribution in [2.24, 2.45) is 5.73 Å². The van der Waals surface area contributed by atoms with Gasteiger partial charge in [-0.05, 0) is 30.0 Å². The van der Waals surface area contributed by atoms with Gasteiger partial charge in [0.25, 0.3) is 0 Å². The van der Waals surface area contributed by atoms with Crippen molar-refractivity contribution in [2.75, 3.05) is 6.54 Å². The molecule has 0 bridgehead atoms. The Bertz CT molecular complexity index is 436. The van der Waals surface area contributed by atoms with Crippen LogP contribution in [0.25, 0.3) is 6.08 Å².